The standard InChI is InChI=1S/C28H30N5O/c1-3-33-16-13-21(14-17-33)20-8-10-23(11-9-20)30-27-26-22(12-15-29-28(26)34)18-25(32-27)31-24-7-5-4-6-19(24)2/h4-12,15,18,21H,3,13-14,16-17H2,1-2H3,(H2,30,31,32). The molecule has 2 N–H and O–H groups in total. The van der Waals surface area contributed by atoms with Gasteiger partial charge in [0.15, 0.2) is 0 Å². The number of nitrogens with one attached hydrogen (secondary N) is 2. The molecule has 0 bridgehead atoms. The first-order valence-electron chi connectivity index (χ1n) is 12.0. The van der Waals surface area contributed by atoms with E-state index in [0.717, 1.165) is 42.1 Å². The summed E-state index contributed by atoms with van der Waals surface area (Å²) in [5, 5.41) is 10.7. The van der Waals surface area contributed by atoms with E-state index in [1.807, 2.05) is 30.3 Å². The molecule has 3 heterocycles. The van der Waals surface area contributed by atoms with Crippen LogP contribution in [-0.4, -0.2) is 35.4 Å². The summed E-state index contributed by atoms with van der Waals surface area (Å²) in [6.07, 6.45) is 5.79. The van der Waals surface area contributed by atoms with Gasteiger partial charge in [0.1, 0.15) is 11.6 Å². The number of fused-ring (bicyclic) bond motifs is 1. The molecule has 0 atom stereocenters. The predicted octanol–water partition coefficient (Wildman–Crippen LogP) is 5.81. The second-order valence-electron chi connectivity index (χ2n) is 8.97. The average molecular weight is 453 g/mol. The Hall–Kier alpha value is -3.64. The lowest BCUT2D eigenvalue weighted by Crippen LogP contribution is -2.32. The molecule has 5 rings (SSSR count). The minimum Gasteiger partial charge on any atom is -0.340 e. The molecule has 173 valence electrons. The number of aromatic nitrogens is 1. The van der Waals surface area contributed by atoms with Gasteiger partial charge in [-0.15, -0.1) is 0 Å². The van der Waals surface area contributed by atoms with Gasteiger partial charge in [-0.2, -0.15) is 0 Å². The lowest BCUT2D eigenvalue weighted by atomic mass is 9.89. The molecule has 0 spiro atoms. The highest BCUT2D eigenvalue weighted by atomic mass is 16.1. The molecule has 34 heavy (non-hydrogen) atoms. The first kappa shape index (κ1) is 22.2. The van der Waals surface area contributed by atoms with E-state index >= 15 is 0 Å². The van der Waals surface area contributed by atoms with Crippen molar-refractivity contribution in [1.82, 2.24) is 15.2 Å². The third kappa shape index (κ3) is 4.68. The fraction of sp³-hybridized carbons (Fsp3) is 0.286. The second kappa shape index (κ2) is 9.69. The zero-order chi connectivity index (χ0) is 23.5. The van der Waals surface area contributed by atoms with Crippen molar-refractivity contribution in [2.24, 2.45) is 0 Å². The van der Waals surface area contributed by atoms with Crippen LogP contribution in [-0.2, 0) is 0 Å². The van der Waals surface area contributed by atoms with Crippen LogP contribution in [0.25, 0.3) is 6.08 Å². The van der Waals surface area contributed by atoms with Crippen LogP contribution in [0, 0.1) is 6.92 Å². The smallest absolute Gasteiger partial charge is 0.281 e. The Kier molecular flexibility index (Phi) is 6.32. The summed E-state index contributed by atoms with van der Waals surface area (Å²) in [6, 6.07) is 18.5. The van der Waals surface area contributed by atoms with Crippen molar-refractivity contribution in [1.29, 1.82) is 0 Å². The van der Waals surface area contributed by atoms with Crippen LogP contribution in [0.3, 0.4) is 0 Å². The molecule has 0 saturated carbocycles. The number of amides is 1. The largest absolute Gasteiger partial charge is 0.340 e. The number of carbonyl (C=O) groups excluding carboxylic acids is 1. The first-order valence-corrected chi connectivity index (χ1v) is 12.0. The van der Waals surface area contributed by atoms with E-state index in [2.05, 4.69) is 65.0 Å². The van der Waals surface area contributed by atoms with E-state index < -0.39 is 0 Å². The Morgan fingerprint density at radius 3 is 2.53 bits per heavy atom. The molecule has 6 nitrogen and oxygen atoms in total. The Morgan fingerprint density at radius 2 is 1.79 bits per heavy atom. The first-order chi connectivity index (χ1) is 16.6. The lowest BCUT2D eigenvalue weighted by Gasteiger charge is -2.31. The van der Waals surface area contributed by atoms with Gasteiger partial charge in [0, 0.05) is 17.6 Å². The monoisotopic (exact) mass is 452 g/mol. The number of hydrogen-bond donors (Lipinski definition) is 2. The van der Waals surface area contributed by atoms with Crippen LogP contribution in [0.1, 0.15) is 52.7 Å². The number of carbonyl (C=O) groups is 1. The van der Waals surface area contributed by atoms with Gasteiger partial charge in [0.05, 0.1) is 5.56 Å². The number of anilines is 4. The van der Waals surface area contributed by atoms with Crippen molar-refractivity contribution in [2.75, 3.05) is 30.3 Å². The Bertz CT molecular complexity index is 1210. The summed E-state index contributed by atoms with van der Waals surface area (Å²) in [7, 11) is 0. The summed E-state index contributed by atoms with van der Waals surface area (Å²) >= 11 is 0. The quantitative estimate of drug-likeness (QED) is 0.494. The zero-order valence-electron chi connectivity index (χ0n) is 19.7. The molecule has 2 aromatic carbocycles. The van der Waals surface area contributed by atoms with Crippen molar-refractivity contribution < 1.29 is 4.79 Å². The van der Waals surface area contributed by atoms with Crippen molar-refractivity contribution >= 4 is 35.0 Å². The highest BCUT2D eigenvalue weighted by molar-refractivity contribution is 6.05. The summed E-state index contributed by atoms with van der Waals surface area (Å²) in [4.78, 5) is 19.9. The van der Waals surface area contributed by atoms with Gasteiger partial charge in [-0.05, 0) is 92.3 Å². The third-order valence-electron chi connectivity index (χ3n) is 6.80. The van der Waals surface area contributed by atoms with Crippen LogP contribution >= 0.6 is 0 Å². The maximum absolute atomic E-state index is 12.6. The molecule has 2 aliphatic rings. The maximum Gasteiger partial charge on any atom is 0.281 e. The van der Waals surface area contributed by atoms with Crippen LogP contribution in [0.4, 0.5) is 23.0 Å². The Morgan fingerprint density at radius 1 is 1.03 bits per heavy atom. The molecule has 6 heteroatoms. The summed E-state index contributed by atoms with van der Waals surface area (Å²) in [6.45, 7) is 7.74. The van der Waals surface area contributed by atoms with Crippen LogP contribution in [0.15, 0.2) is 60.8 Å². The molecular formula is C28H30N5O. The second-order valence-corrected chi connectivity index (χ2v) is 8.97. The van der Waals surface area contributed by atoms with E-state index in [1.165, 1.54) is 18.4 Å². The van der Waals surface area contributed by atoms with Crippen molar-refractivity contribution in [3.05, 3.63) is 83.1 Å². The topological polar surface area (TPSA) is 71.4 Å². The average Bonchev–Trinajstić information content (AvgIpc) is 2.86. The number of rotatable bonds is 6. The Balaban J connectivity index is 1.40. The van der Waals surface area contributed by atoms with Gasteiger partial charge in [-0.3, -0.25) is 4.79 Å². The van der Waals surface area contributed by atoms with Crippen molar-refractivity contribution in [3.8, 4) is 0 Å². The van der Waals surface area contributed by atoms with E-state index in [0.29, 0.717) is 23.1 Å². The molecule has 3 aromatic rings. The van der Waals surface area contributed by atoms with Crippen molar-refractivity contribution in [3.63, 3.8) is 0 Å². The van der Waals surface area contributed by atoms with Gasteiger partial charge in [0.25, 0.3) is 5.91 Å². The third-order valence-corrected chi connectivity index (χ3v) is 6.80. The molecule has 0 unspecified atom stereocenters. The highest BCUT2D eigenvalue weighted by Crippen LogP contribution is 2.32. The SMILES string of the molecule is CCN1CCC(c2ccc(Nc3nc(Nc4ccccc4C)cc4c3C(=O)[N]C=C4)cc2)CC1. The van der Waals surface area contributed by atoms with E-state index in [1.54, 1.807) is 6.20 Å². The minimum absolute atomic E-state index is 0.283. The molecular weight excluding hydrogens is 422 g/mol. The van der Waals surface area contributed by atoms with E-state index in [-0.39, 0.29) is 5.91 Å². The number of para-hydroxylation sites is 1. The van der Waals surface area contributed by atoms with Gasteiger partial charge in [-0.1, -0.05) is 37.3 Å². The number of likely N-dealkylation sites (tertiary alicyclic amines) is 1. The molecule has 1 fully saturated rings. The number of hydrogen-bond acceptors (Lipinski definition) is 5. The number of aryl methyl sites for hydroxylation is 1. The number of nitrogens with zero attached hydrogens (tertiary/aromatic N) is 3. The van der Waals surface area contributed by atoms with E-state index in [9.17, 15) is 4.79 Å². The maximum atomic E-state index is 12.6. The molecule has 2 aliphatic heterocycles. The van der Waals surface area contributed by atoms with Gasteiger partial charge in [0.2, 0.25) is 0 Å². The fourth-order valence-electron chi connectivity index (χ4n) is 4.73. The molecule has 1 amide bonds. The zero-order valence-corrected chi connectivity index (χ0v) is 19.7. The number of benzene rings is 2. The van der Waals surface area contributed by atoms with Crippen molar-refractivity contribution in [2.45, 2.75) is 32.6 Å². The fourth-order valence-corrected chi connectivity index (χ4v) is 4.73. The minimum atomic E-state index is -0.283. The lowest BCUT2D eigenvalue weighted by molar-refractivity contribution is 0.0965. The molecule has 0 aliphatic carbocycles. The molecule has 1 aromatic heterocycles. The normalized spacial score (nSPS) is 16.1. The molecule has 1 saturated heterocycles. The highest BCUT2D eigenvalue weighted by Gasteiger charge is 2.23. The summed E-state index contributed by atoms with van der Waals surface area (Å²) < 4.78 is 0. The Labute approximate surface area is 201 Å². The summed E-state index contributed by atoms with van der Waals surface area (Å²) in [5.41, 5.74) is 5.68. The van der Waals surface area contributed by atoms with Gasteiger partial charge >= 0.3 is 0 Å². The van der Waals surface area contributed by atoms with Gasteiger partial charge < -0.3 is 15.5 Å². The molecule has 1 radical (unpaired) electrons. The van der Waals surface area contributed by atoms with Crippen LogP contribution in [0.2, 0.25) is 0 Å². The van der Waals surface area contributed by atoms with E-state index in [4.69, 9.17) is 4.98 Å². The van der Waals surface area contributed by atoms with Crippen LogP contribution in [0.5, 0.6) is 0 Å². The number of piperidine rings is 1. The summed E-state index contributed by atoms with van der Waals surface area (Å²) in [5.74, 6) is 1.51. The van der Waals surface area contributed by atoms with Crippen LogP contribution < -0.4 is 16.0 Å². The number of pyridine rings is 1. The van der Waals surface area contributed by atoms with Gasteiger partial charge in [-0.25, -0.2) is 10.3 Å². The predicted molar refractivity (Wildman–Crippen MR) is 138 cm³/mol.